The monoisotopic (exact) mass is 290 g/mol. The highest BCUT2D eigenvalue weighted by Crippen LogP contribution is 2.20. The number of anilines is 1. The molecule has 0 aromatic heterocycles. The number of carbonyl (C=O) groups excluding carboxylic acids is 1. The summed E-state index contributed by atoms with van der Waals surface area (Å²) in [7, 11) is 1.67. The zero-order valence-electron chi connectivity index (χ0n) is 12.9. The molecular formula is C17H26N2O2. The molecule has 21 heavy (non-hydrogen) atoms. The van der Waals surface area contributed by atoms with Gasteiger partial charge in [-0.05, 0) is 43.4 Å². The maximum atomic E-state index is 11.8. The van der Waals surface area contributed by atoms with Crippen molar-refractivity contribution in [3.8, 4) is 0 Å². The standard InChI is InChI=1S/C17H26N2O2/c1-21-13-5-10-18-17(20)14-15-6-8-16(9-7-15)19-11-3-2-4-12-19/h6-9H,2-5,10-14H2,1H3,(H,18,20). The quantitative estimate of drug-likeness (QED) is 0.784. The summed E-state index contributed by atoms with van der Waals surface area (Å²) in [5.74, 6) is 0.0804. The molecule has 1 aromatic carbocycles. The Morgan fingerprint density at radius 2 is 1.90 bits per heavy atom. The van der Waals surface area contributed by atoms with E-state index < -0.39 is 0 Å². The van der Waals surface area contributed by atoms with Crippen molar-refractivity contribution in [1.29, 1.82) is 0 Å². The molecule has 0 spiro atoms. The first-order valence-electron chi connectivity index (χ1n) is 7.89. The molecule has 1 heterocycles. The molecule has 1 amide bonds. The first-order valence-corrected chi connectivity index (χ1v) is 7.89. The van der Waals surface area contributed by atoms with Crippen LogP contribution < -0.4 is 10.2 Å². The number of piperidine rings is 1. The number of hydrogen-bond acceptors (Lipinski definition) is 3. The molecule has 0 bridgehead atoms. The molecule has 0 unspecified atom stereocenters. The van der Waals surface area contributed by atoms with Crippen LogP contribution in [0.2, 0.25) is 0 Å². The highest BCUT2D eigenvalue weighted by Gasteiger charge is 2.11. The summed E-state index contributed by atoms with van der Waals surface area (Å²) in [5, 5.41) is 2.91. The second-order valence-electron chi connectivity index (χ2n) is 5.59. The number of methoxy groups -OCH3 is 1. The summed E-state index contributed by atoms with van der Waals surface area (Å²) in [5.41, 5.74) is 2.35. The highest BCUT2D eigenvalue weighted by molar-refractivity contribution is 5.78. The number of hydrogen-bond donors (Lipinski definition) is 1. The van der Waals surface area contributed by atoms with Crippen molar-refractivity contribution in [1.82, 2.24) is 5.32 Å². The number of carbonyl (C=O) groups is 1. The van der Waals surface area contributed by atoms with Crippen molar-refractivity contribution in [2.75, 3.05) is 38.3 Å². The maximum absolute atomic E-state index is 11.8. The van der Waals surface area contributed by atoms with Gasteiger partial charge in [0.15, 0.2) is 0 Å². The predicted molar refractivity (Wildman–Crippen MR) is 85.7 cm³/mol. The average molecular weight is 290 g/mol. The molecule has 1 fully saturated rings. The summed E-state index contributed by atoms with van der Waals surface area (Å²) in [6.07, 6.45) is 5.22. The number of benzene rings is 1. The molecule has 0 saturated carbocycles. The molecule has 116 valence electrons. The molecule has 0 radical (unpaired) electrons. The predicted octanol–water partition coefficient (Wildman–Crippen LogP) is 2.37. The van der Waals surface area contributed by atoms with Gasteiger partial charge in [0.25, 0.3) is 0 Å². The molecule has 1 N–H and O–H groups in total. The first-order chi connectivity index (χ1) is 10.3. The van der Waals surface area contributed by atoms with Crippen LogP contribution in [-0.4, -0.2) is 39.3 Å². The van der Waals surface area contributed by atoms with Gasteiger partial charge in [-0.15, -0.1) is 0 Å². The Morgan fingerprint density at radius 1 is 1.19 bits per heavy atom. The van der Waals surface area contributed by atoms with E-state index in [0.717, 1.165) is 25.1 Å². The molecule has 1 saturated heterocycles. The Kier molecular flexibility index (Phi) is 6.54. The van der Waals surface area contributed by atoms with E-state index in [9.17, 15) is 4.79 Å². The molecule has 1 aromatic rings. The van der Waals surface area contributed by atoms with Gasteiger partial charge in [-0.1, -0.05) is 12.1 Å². The largest absolute Gasteiger partial charge is 0.385 e. The minimum absolute atomic E-state index is 0.0804. The van der Waals surface area contributed by atoms with Crippen LogP contribution in [0.1, 0.15) is 31.2 Å². The molecule has 0 aliphatic carbocycles. The van der Waals surface area contributed by atoms with E-state index in [4.69, 9.17) is 4.74 Å². The lowest BCUT2D eigenvalue weighted by atomic mass is 10.1. The second-order valence-corrected chi connectivity index (χ2v) is 5.59. The van der Waals surface area contributed by atoms with E-state index in [1.165, 1.54) is 24.9 Å². The topological polar surface area (TPSA) is 41.6 Å². The number of amides is 1. The Morgan fingerprint density at radius 3 is 2.57 bits per heavy atom. The minimum Gasteiger partial charge on any atom is -0.385 e. The summed E-state index contributed by atoms with van der Waals surface area (Å²) in [6, 6.07) is 8.41. The van der Waals surface area contributed by atoms with Crippen LogP contribution in [0.4, 0.5) is 5.69 Å². The molecule has 1 aliphatic heterocycles. The minimum atomic E-state index is 0.0804. The van der Waals surface area contributed by atoms with Crippen molar-refractivity contribution in [3.05, 3.63) is 29.8 Å². The van der Waals surface area contributed by atoms with Gasteiger partial charge in [0.05, 0.1) is 6.42 Å². The third-order valence-corrected chi connectivity index (χ3v) is 3.87. The van der Waals surface area contributed by atoms with E-state index in [0.29, 0.717) is 19.6 Å². The molecule has 4 nitrogen and oxygen atoms in total. The highest BCUT2D eigenvalue weighted by atomic mass is 16.5. The van der Waals surface area contributed by atoms with Gasteiger partial charge < -0.3 is 15.0 Å². The van der Waals surface area contributed by atoms with Gasteiger partial charge in [-0.2, -0.15) is 0 Å². The second kappa shape index (κ2) is 8.67. The van der Waals surface area contributed by atoms with E-state index in [-0.39, 0.29) is 5.91 Å². The van der Waals surface area contributed by atoms with E-state index in [1.54, 1.807) is 7.11 Å². The Balaban J connectivity index is 1.77. The van der Waals surface area contributed by atoms with Gasteiger partial charge in [0, 0.05) is 39.0 Å². The fourth-order valence-corrected chi connectivity index (χ4v) is 2.67. The van der Waals surface area contributed by atoms with Crippen LogP contribution in [-0.2, 0) is 16.0 Å². The van der Waals surface area contributed by atoms with Crippen molar-refractivity contribution >= 4 is 11.6 Å². The first kappa shape index (κ1) is 15.8. The fraction of sp³-hybridized carbons (Fsp3) is 0.588. The van der Waals surface area contributed by atoms with Crippen molar-refractivity contribution in [2.24, 2.45) is 0 Å². The van der Waals surface area contributed by atoms with Crippen LogP contribution in [0.15, 0.2) is 24.3 Å². The van der Waals surface area contributed by atoms with Crippen molar-refractivity contribution < 1.29 is 9.53 Å². The van der Waals surface area contributed by atoms with Crippen LogP contribution in [0, 0.1) is 0 Å². The smallest absolute Gasteiger partial charge is 0.224 e. The Bertz CT molecular complexity index is 425. The molecule has 4 heteroatoms. The third-order valence-electron chi connectivity index (χ3n) is 3.87. The van der Waals surface area contributed by atoms with Crippen LogP contribution in [0.25, 0.3) is 0 Å². The summed E-state index contributed by atoms with van der Waals surface area (Å²) < 4.78 is 4.96. The third kappa shape index (κ3) is 5.38. The Hall–Kier alpha value is -1.55. The summed E-state index contributed by atoms with van der Waals surface area (Å²) in [6.45, 7) is 3.67. The molecule has 0 atom stereocenters. The lowest BCUT2D eigenvalue weighted by Gasteiger charge is -2.28. The zero-order chi connectivity index (χ0) is 14.9. The molecule has 1 aliphatic rings. The van der Waals surface area contributed by atoms with Gasteiger partial charge >= 0.3 is 0 Å². The van der Waals surface area contributed by atoms with Crippen LogP contribution >= 0.6 is 0 Å². The SMILES string of the molecule is COCCCNC(=O)Cc1ccc(N2CCCCC2)cc1. The molecular weight excluding hydrogens is 264 g/mol. The van der Waals surface area contributed by atoms with Crippen LogP contribution in [0.3, 0.4) is 0 Å². The van der Waals surface area contributed by atoms with Gasteiger partial charge in [-0.25, -0.2) is 0 Å². The molecule has 2 rings (SSSR count). The summed E-state index contributed by atoms with van der Waals surface area (Å²) >= 11 is 0. The zero-order valence-corrected chi connectivity index (χ0v) is 12.9. The van der Waals surface area contributed by atoms with Gasteiger partial charge in [0.2, 0.25) is 5.91 Å². The normalized spacial score (nSPS) is 15.0. The van der Waals surface area contributed by atoms with Crippen molar-refractivity contribution in [3.63, 3.8) is 0 Å². The van der Waals surface area contributed by atoms with E-state index in [2.05, 4.69) is 34.5 Å². The van der Waals surface area contributed by atoms with Crippen molar-refractivity contribution in [2.45, 2.75) is 32.1 Å². The summed E-state index contributed by atoms with van der Waals surface area (Å²) in [4.78, 5) is 14.2. The lowest BCUT2D eigenvalue weighted by Crippen LogP contribution is -2.29. The number of nitrogens with one attached hydrogen (secondary N) is 1. The Labute approximate surface area is 127 Å². The van der Waals surface area contributed by atoms with Crippen LogP contribution in [0.5, 0.6) is 0 Å². The average Bonchev–Trinajstić information content (AvgIpc) is 2.53. The van der Waals surface area contributed by atoms with Gasteiger partial charge in [0.1, 0.15) is 0 Å². The lowest BCUT2D eigenvalue weighted by molar-refractivity contribution is -0.120. The maximum Gasteiger partial charge on any atom is 0.224 e. The fourth-order valence-electron chi connectivity index (χ4n) is 2.67. The van der Waals surface area contributed by atoms with Gasteiger partial charge in [-0.3, -0.25) is 4.79 Å². The number of rotatable bonds is 7. The van der Waals surface area contributed by atoms with E-state index in [1.807, 2.05) is 0 Å². The number of nitrogens with zero attached hydrogens (tertiary/aromatic N) is 1. The van der Waals surface area contributed by atoms with E-state index >= 15 is 0 Å². The number of ether oxygens (including phenoxy) is 1.